The molecule has 0 N–H and O–H groups in total. The third kappa shape index (κ3) is 4.44. The van der Waals surface area contributed by atoms with Crippen molar-refractivity contribution < 1.29 is 14.3 Å². The van der Waals surface area contributed by atoms with E-state index in [0.717, 1.165) is 30.7 Å². The molecule has 1 heterocycles. The number of carbonyl (C=O) groups excluding carboxylic acids is 1. The number of benzene rings is 2. The fraction of sp³-hybridized carbons (Fsp3) is 0.435. The SMILES string of the molecule is O=C(COc1ccc(OCc2ccccc2)cc1)N1CCC2CCCCC21. The third-order valence-electron chi connectivity index (χ3n) is 5.76. The van der Waals surface area contributed by atoms with E-state index in [1.807, 2.05) is 54.6 Å². The van der Waals surface area contributed by atoms with Crippen LogP contribution in [0.3, 0.4) is 0 Å². The van der Waals surface area contributed by atoms with Crippen LogP contribution in [0, 0.1) is 5.92 Å². The van der Waals surface area contributed by atoms with Gasteiger partial charge in [0.25, 0.3) is 5.91 Å². The summed E-state index contributed by atoms with van der Waals surface area (Å²) in [6.45, 7) is 1.55. The molecule has 1 saturated carbocycles. The number of hydrogen-bond acceptors (Lipinski definition) is 3. The molecule has 1 aliphatic heterocycles. The maximum absolute atomic E-state index is 12.6. The van der Waals surface area contributed by atoms with Gasteiger partial charge in [0.2, 0.25) is 0 Å². The third-order valence-corrected chi connectivity index (χ3v) is 5.76. The summed E-state index contributed by atoms with van der Waals surface area (Å²) in [6, 6.07) is 18.0. The van der Waals surface area contributed by atoms with Gasteiger partial charge in [-0.3, -0.25) is 4.79 Å². The molecule has 2 fully saturated rings. The number of amides is 1. The number of hydrogen-bond donors (Lipinski definition) is 0. The molecule has 1 saturated heterocycles. The molecule has 4 rings (SSSR count). The van der Waals surface area contributed by atoms with Crippen LogP contribution in [0.5, 0.6) is 11.5 Å². The molecular weight excluding hydrogens is 338 g/mol. The van der Waals surface area contributed by atoms with Gasteiger partial charge < -0.3 is 14.4 Å². The molecule has 0 spiro atoms. The van der Waals surface area contributed by atoms with Crippen molar-refractivity contribution in [3.05, 3.63) is 60.2 Å². The lowest BCUT2D eigenvalue weighted by Gasteiger charge is -2.31. The number of nitrogens with zero attached hydrogens (tertiary/aromatic N) is 1. The van der Waals surface area contributed by atoms with Gasteiger partial charge in [0.05, 0.1) is 0 Å². The van der Waals surface area contributed by atoms with Gasteiger partial charge >= 0.3 is 0 Å². The summed E-state index contributed by atoms with van der Waals surface area (Å²) < 4.78 is 11.5. The lowest BCUT2D eigenvalue weighted by Crippen LogP contribution is -2.41. The van der Waals surface area contributed by atoms with E-state index in [2.05, 4.69) is 4.90 Å². The second-order valence-electron chi connectivity index (χ2n) is 7.52. The summed E-state index contributed by atoms with van der Waals surface area (Å²) in [5.41, 5.74) is 1.13. The largest absolute Gasteiger partial charge is 0.489 e. The van der Waals surface area contributed by atoms with E-state index in [9.17, 15) is 4.79 Å². The number of rotatable bonds is 6. The summed E-state index contributed by atoms with van der Waals surface area (Å²) in [5.74, 6) is 2.33. The van der Waals surface area contributed by atoms with Gasteiger partial charge in [-0.05, 0) is 55.0 Å². The highest BCUT2D eigenvalue weighted by Gasteiger charge is 2.38. The first-order valence-corrected chi connectivity index (χ1v) is 9.98. The number of ether oxygens (including phenoxy) is 2. The van der Waals surface area contributed by atoms with Crippen molar-refractivity contribution in [3.63, 3.8) is 0 Å². The summed E-state index contributed by atoms with van der Waals surface area (Å²) in [7, 11) is 0. The predicted octanol–water partition coefficient (Wildman–Crippen LogP) is 4.44. The average Bonchev–Trinajstić information content (AvgIpc) is 3.16. The average molecular weight is 365 g/mol. The van der Waals surface area contributed by atoms with Crippen LogP contribution in [-0.2, 0) is 11.4 Å². The van der Waals surface area contributed by atoms with E-state index in [1.54, 1.807) is 0 Å². The van der Waals surface area contributed by atoms with E-state index in [-0.39, 0.29) is 12.5 Å². The minimum Gasteiger partial charge on any atom is -0.489 e. The highest BCUT2D eigenvalue weighted by atomic mass is 16.5. The lowest BCUT2D eigenvalue weighted by atomic mass is 9.85. The van der Waals surface area contributed by atoms with Crippen molar-refractivity contribution >= 4 is 5.91 Å². The summed E-state index contributed by atoms with van der Waals surface area (Å²) in [4.78, 5) is 14.6. The van der Waals surface area contributed by atoms with Crippen molar-refractivity contribution in [2.45, 2.75) is 44.8 Å². The molecule has 2 aromatic carbocycles. The predicted molar refractivity (Wildman–Crippen MR) is 105 cm³/mol. The van der Waals surface area contributed by atoms with Gasteiger partial charge in [0.1, 0.15) is 18.1 Å². The maximum atomic E-state index is 12.6. The van der Waals surface area contributed by atoms with E-state index in [0.29, 0.717) is 24.3 Å². The van der Waals surface area contributed by atoms with Crippen LogP contribution in [0.2, 0.25) is 0 Å². The monoisotopic (exact) mass is 365 g/mol. The Morgan fingerprint density at radius 2 is 1.59 bits per heavy atom. The second kappa shape index (κ2) is 8.47. The van der Waals surface area contributed by atoms with Gasteiger partial charge in [0.15, 0.2) is 6.61 Å². The zero-order valence-corrected chi connectivity index (χ0v) is 15.7. The van der Waals surface area contributed by atoms with Gasteiger partial charge in [-0.25, -0.2) is 0 Å². The zero-order chi connectivity index (χ0) is 18.5. The first-order chi connectivity index (χ1) is 13.3. The van der Waals surface area contributed by atoms with Gasteiger partial charge in [-0.1, -0.05) is 43.2 Å². The molecule has 2 aliphatic rings. The number of fused-ring (bicyclic) bond motifs is 1. The molecule has 1 amide bonds. The van der Waals surface area contributed by atoms with Crippen molar-refractivity contribution in [3.8, 4) is 11.5 Å². The van der Waals surface area contributed by atoms with E-state index < -0.39 is 0 Å². The fourth-order valence-electron chi connectivity index (χ4n) is 4.32. The molecule has 142 valence electrons. The van der Waals surface area contributed by atoms with Crippen LogP contribution < -0.4 is 9.47 Å². The van der Waals surface area contributed by atoms with Crippen LogP contribution in [0.15, 0.2) is 54.6 Å². The van der Waals surface area contributed by atoms with E-state index >= 15 is 0 Å². The van der Waals surface area contributed by atoms with Crippen LogP contribution in [0.4, 0.5) is 0 Å². The van der Waals surface area contributed by atoms with Gasteiger partial charge in [-0.15, -0.1) is 0 Å². The Balaban J connectivity index is 1.25. The van der Waals surface area contributed by atoms with Crippen molar-refractivity contribution in [1.82, 2.24) is 4.90 Å². The molecule has 4 heteroatoms. The Labute approximate surface area is 161 Å². The number of carbonyl (C=O) groups is 1. The quantitative estimate of drug-likeness (QED) is 0.760. The van der Waals surface area contributed by atoms with E-state index in [1.165, 1.54) is 19.3 Å². The molecule has 2 atom stereocenters. The molecule has 0 radical (unpaired) electrons. The van der Waals surface area contributed by atoms with E-state index in [4.69, 9.17) is 9.47 Å². The fourth-order valence-corrected chi connectivity index (χ4v) is 4.32. The van der Waals surface area contributed by atoms with Crippen LogP contribution in [0.1, 0.15) is 37.7 Å². The standard InChI is InChI=1S/C23H27NO3/c25-23(24-15-14-19-8-4-5-9-22(19)24)17-27-21-12-10-20(11-13-21)26-16-18-6-2-1-3-7-18/h1-3,6-7,10-13,19,22H,4-5,8-9,14-17H2. The first-order valence-electron chi connectivity index (χ1n) is 9.98. The summed E-state index contributed by atoms with van der Waals surface area (Å²) >= 11 is 0. The minimum absolute atomic E-state index is 0.118. The van der Waals surface area contributed by atoms with Crippen molar-refractivity contribution in [2.24, 2.45) is 5.92 Å². The Morgan fingerprint density at radius 1 is 0.889 bits per heavy atom. The Kier molecular flexibility index (Phi) is 5.61. The summed E-state index contributed by atoms with van der Waals surface area (Å²) in [6.07, 6.45) is 6.15. The van der Waals surface area contributed by atoms with Crippen molar-refractivity contribution in [1.29, 1.82) is 0 Å². The highest BCUT2D eigenvalue weighted by Crippen LogP contribution is 2.36. The first kappa shape index (κ1) is 17.9. The second-order valence-corrected chi connectivity index (χ2v) is 7.52. The molecule has 27 heavy (non-hydrogen) atoms. The summed E-state index contributed by atoms with van der Waals surface area (Å²) in [5, 5.41) is 0. The van der Waals surface area contributed by atoms with Gasteiger partial charge in [0, 0.05) is 12.6 Å². The molecule has 0 bridgehead atoms. The minimum atomic E-state index is 0.118. The Morgan fingerprint density at radius 3 is 2.37 bits per heavy atom. The van der Waals surface area contributed by atoms with Crippen LogP contribution in [0.25, 0.3) is 0 Å². The smallest absolute Gasteiger partial charge is 0.260 e. The van der Waals surface area contributed by atoms with Crippen LogP contribution >= 0.6 is 0 Å². The highest BCUT2D eigenvalue weighted by molar-refractivity contribution is 5.78. The van der Waals surface area contributed by atoms with Gasteiger partial charge in [-0.2, -0.15) is 0 Å². The molecule has 2 unspecified atom stereocenters. The molecule has 4 nitrogen and oxygen atoms in total. The number of likely N-dealkylation sites (tertiary alicyclic amines) is 1. The zero-order valence-electron chi connectivity index (χ0n) is 15.7. The van der Waals surface area contributed by atoms with Crippen LogP contribution in [-0.4, -0.2) is 30.0 Å². The lowest BCUT2D eigenvalue weighted by molar-refractivity contribution is -0.134. The topological polar surface area (TPSA) is 38.8 Å². The Hall–Kier alpha value is -2.49. The molecule has 2 aromatic rings. The maximum Gasteiger partial charge on any atom is 0.260 e. The molecule has 1 aliphatic carbocycles. The molecule has 0 aromatic heterocycles. The van der Waals surface area contributed by atoms with Crippen molar-refractivity contribution in [2.75, 3.05) is 13.2 Å². The Bertz CT molecular complexity index is 744. The molecular formula is C23H27NO3. The normalized spacial score (nSPS) is 21.6.